The highest BCUT2D eigenvalue weighted by molar-refractivity contribution is 5.85. The largest absolute Gasteiger partial charge is 0.480 e. The van der Waals surface area contributed by atoms with Crippen LogP contribution in [0.4, 0.5) is 4.79 Å². The molecule has 2 aromatic rings. The van der Waals surface area contributed by atoms with Gasteiger partial charge in [0.25, 0.3) is 0 Å². The van der Waals surface area contributed by atoms with E-state index in [9.17, 15) is 19.5 Å². The molecule has 2 N–H and O–H groups in total. The molecule has 0 spiro atoms. The minimum Gasteiger partial charge on any atom is -0.480 e. The molecule has 1 aliphatic heterocycles. The van der Waals surface area contributed by atoms with E-state index < -0.39 is 29.6 Å². The van der Waals surface area contributed by atoms with E-state index >= 15 is 0 Å². The zero-order valence-electron chi connectivity index (χ0n) is 20.6. The normalized spacial score (nSPS) is 19.4. The Balaban J connectivity index is 1.37. The van der Waals surface area contributed by atoms with Crippen molar-refractivity contribution in [1.29, 1.82) is 0 Å². The fourth-order valence-electron chi connectivity index (χ4n) is 5.56. The number of piperidine rings is 1. The van der Waals surface area contributed by atoms with Crippen molar-refractivity contribution in [1.82, 2.24) is 10.2 Å². The predicted molar refractivity (Wildman–Crippen MR) is 133 cm³/mol. The number of aliphatic carboxylic acids is 1. The average Bonchev–Trinajstić information content (AvgIpc) is 3.15. The van der Waals surface area contributed by atoms with E-state index in [0.717, 1.165) is 35.1 Å². The van der Waals surface area contributed by atoms with Crippen LogP contribution >= 0.6 is 0 Å². The van der Waals surface area contributed by atoms with Crippen LogP contribution < -0.4 is 5.32 Å². The second kappa shape index (κ2) is 10.1. The molecule has 35 heavy (non-hydrogen) atoms. The monoisotopic (exact) mass is 478 g/mol. The summed E-state index contributed by atoms with van der Waals surface area (Å²) in [5.41, 5.74) is 4.09. The third kappa shape index (κ3) is 5.04. The topological polar surface area (TPSA) is 95.9 Å². The van der Waals surface area contributed by atoms with E-state index in [4.69, 9.17) is 4.74 Å². The molecular formula is C28H34N2O5. The van der Waals surface area contributed by atoms with Crippen molar-refractivity contribution >= 4 is 18.0 Å². The molecule has 2 amide bonds. The van der Waals surface area contributed by atoms with Crippen molar-refractivity contribution in [2.24, 2.45) is 5.41 Å². The second-order valence-corrected chi connectivity index (χ2v) is 10.2. The molecule has 0 aromatic heterocycles. The van der Waals surface area contributed by atoms with Gasteiger partial charge in [-0.05, 0) is 46.9 Å². The van der Waals surface area contributed by atoms with Crippen molar-refractivity contribution in [3.63, 3.8) is 0 Å². The van der Waals surface area contributed by atoms with E-state index in [1.165, 1.54) is 4.90 Å². The van der Waals surface area contributed by atoms with E-state index in [-0.39, 0.29) is 24.9 Å². The van der Waals surface area contributed by atoms with Gasteiger partial charge in [-0.15, -0.1) is 0 Å². The number of carboxylic acid groups (broad SMARTS) is 1. The first-order chi connectivity index (χ1) is 16.7. The Morgan fingerprint density at radius 1 is 1.09 bits per heavy atom. The molecule has 4 rings (SSSR count). The van der Waals surface area contributed by atoms with Crippen LogP contribution in [-0.2, 0) is 14.3 Å². The van der Waals surface area contributed by atoms with Gasteiger partial charge in [-0.25, -0.2) is 9.59 Å². The van der Waals surface area contributed by atoms with Gasteiger partial charge < -0.3 is 20.1 Å². The Kier molecular flexibility index (Phi) is 7.15. The van der Waals surface area contributed by atoms with Gasteiger partial charge >= 0.3 is 12.1 Å². The lowest BCUT2D eigenvalue weighted by Gasteiger charge is -2.44. The number of hydrogen-bond donors (Lipinski definition) is 2. The maximum Gasteiger partial charge on any atom is 0.407 e. The highest BCUT2D eigenvalue weighted by Gasteiger charge is 2.44. The van der Waals surface area contributed by atoms with E-state index in [2.05, 4.69) is 29.6 Å². The molecule has 186 valence electrons. The minimum atomic E-state index is -0.986. The summed E-state index contributed by atoms with van der Waals surface area (Å²) in [6, 6.07) is 15.0. The van der Waals surface area contributed by atoms with Crippen molar-refractivity contribution in [3.05, 3.63) is 59.7 Å². The number of amides is 2. The maximum absolute atomic E-state index is 13.1. The lowest BCUT2D eigenvalue weighted by molar-refractivity contribution is -0.159. The van der Waals surface area contributed by atoms with Gasteiger partial charge in [0.05, 0.1) is 0 Å². The average molecular weight is 479 g/mol. The lowest BCUT2D eigenvalue weighted by Crippen LogP contribution is -2.57. The number of likely N-dealkylation sites (tertiary alicyclic amines) is 1. The molecule has 1 aliphatic carbocycles. The number of carbonyl (C=O) groups is 3. The summed E-state index contributed by atoms with van der Waals surface area (Å²) in [5, 5.41) is 12.6. The fourth-order valence-corrected chi connectivity index (χ4v) is 5.56. The van der Waals surface area contributed by atoms with Crippen LogP contribution in [0.3, 0.4) is 0 Å². The van der Waals surface area contributed by atoms with E-state index in [1.807, 2.05) is 45.0 Å². The minimum absolute atomic E-state index is 0.0400. The highest BCUT2D eigenvalue weighted by Crippen LogP contribution is 2.44. The molecular weight excluding hydrogens is 444 g/mol. The number of alkyl carbamates (subject to hydrolysis) is 1. The van der Waals surface area contributed by atoms with Crippen LogP contribution in [0.25, 0.3) is 11.1 Å². The number of carboxylic acids is 1. The first-order valence-corrected chi connectivity index (χ1v) is 12.4. The summed E-state index contributed by atoms with van der Waals surface area (Å²) >= 11 is 0. The van der Waals surface area contributed by atoms with Crippen molar-refractivity contribution < 1.29 is 24.2 Å². The molecule has 1 fully saturated rings. The molecule has 1 saturated heterocycles. The van der Waals surface area contributed by atoms with Gasteiger partial charge in [-0.2, -0.15) is 0 Å². The standard InChI is InChI=1S/C28H34N2O5/c1-4-18(16-24(31)30-15-9-14-28(2,3)25(30)26(32)33)29-27(34)35-17-23-21-12-7-5-10-19(21)20-11-6-8-13-22(20)23/h5-8,10-13,18,23,25H,4,9,14-17H2,1-3H3,(H,29,34)(H,32,33). The summed E-state index contributed by atoms with van der Waals surface area (Å²) in [4.78, 5) is 39.1. The van der Waals surface area contributed by atoms with E-state index in [1.54, 1.807) is 0 Å². The molecule has 1 heterocycles. The Morgan fingerprint density at radius 2 is 1.69 bits per heavy atom. The lowest BCUT2D eigenvalue weighted by atomic mass is 9.76. The van der Waals surface area contributed by atoms with Gasteiger partial charge in [0.2, 0.25) is 5.91 Å². The van der Waals surface area contributed by atoms with Crippen molar-refractivity contribution in [2.75, 3.05) is 13.2 Å². The van der Waals surface area contributed by atoms with E-state index in [0.29, 0.717) is 13.0 Å². The second-order valence-electron chi connectivity index (χ2n) is 10.2. The molecule has 0 bridgehead atoms. The summed E-state index contributed by atoms with van der Waals surface area (Å²) in [5.74, 6) is -1.28. The highest BCUT2D eigenvalue weighted by atomic mass is 16.5. The number of benzene rings is 2. The van der Waals surface area contributed by atoms with Crippen LogP contribution in [0.5, 0.6) is 0 Å². The predicted octanol–water partition coefficient (Wildman–Crippen LogP) is 4.80. The molecule has 2 aromatic carbocycles. The number of nitrogens with one attached hydrogen (secondary N) is 1. The smallest absolute Gasteiger partial charge is 0.407 e. The summed E-state index contributed by atoms with van der Waals surface area (Å²) in [6.45, 7) is 6.28. The Hall–Kier alpha value is -3.35. The third-order valence-corrected chi connectivity index (χ3v) is 7.41. The quantitative estimate of drug-likeness (QED) is 0.596. The van der Waals surface area contributed by atoms with Crippen LogP contribution in [0.2, 0.25) is 0 Å². The van der Waals surface area contributed by atoms with Crippen LogP contribution in [-0.4, -0.2) is 53.2 Å². The SMILES string of the molecule is CCC(CC(=O)N1CCCC(C)(C)C1C(=O)O)NC(=O)OCC1c2ccccc2-c2ccccc21. The van der Waals surface area contributed by atoms with Gasteiger partial charge in [0, 0.05) is 24.9 Å². The van der Waals surface area contributed by atoms with Gasteiger partial charge in [0.15, 0.2) is 0 Å². The maximum atomic E-state index is 13.1. The fraction of sp³-hybridized carbons (Fsp3) is 0.464. The van der Waals surface area contributed by atoms with Crippen LogP contribution in [0, 0.1) is 5.41 Å². The molecule has 0 saturated carbocycles. The molecule has 2 aliphatic rings. The summed E-state index contributed by atoms with van der Waals surface area (Å²) in [6.07, 6.45) is 1.52. The van der Waals surface area contributed by atoms with Crippen LogP contribution in [0.15, 0.2) is 48.5 Å². The molecule has 2 atom stereocenters. The van der Waals surface area contributed by atoms with Crippen LogP contribution in [0.1, 0.15) is 63.5 Å². The Morgan fingerprint density at radius 3 is 2.26 bits per heavy atom. The molecule has 0 radical (unpaired) electrons. The first kappa shape index (κ1) is 24.8. The molecule has 2 unspecified atom stereocenters. The number of fused-ring (bicyclic) bond motifs is 3. The number of ether oxygens (including phenoxy) is 1. The first-order valence-electron chi connectivity index (χ1n) is 12.4. The third-order valence-electron chi connectivity index (χ3n) is 7.41. The zero-order valence-corrected chi connectivity index (χ0v) is 20.6. The van der Waals surface area contributed by atoms with Crippen molar-refractivity contribution in [3.8, 4) is 11.1 Å². The number of carbonyl (C=O) groups excluding carboxylic acids is 2. The Bertz CT molecular complexity index is 1070. The summed E-state index contributed by atoms with van der Waals surface area (Å²) < 4.78 is 5.62. The number of rotatable bonds is 7. The van der Waals surface area contributed by atoms with Crippen molar-refractivity contribution in [2.45, 2.75) is 64.5 Å². The van der Waals surface area contributed by atoms with Gasteiger partial charge in [-0.3, -0.25) is 4.79 Å². The van der Waals surface area contributed by atoms with Gasteiger partial charge in [0.1, 0.15) is 12.6 Å². The number of hydrogen-bond acceptors (Lipinski definition) is 4. The Labute approximate surface area is 206 Å². The summed E-state index contributed by atoms with van der Waals surface area (Å²) in [7, 11) is 0. The molecule has 7 nitrogen and oxygen atoms in total. The number of nitrogens with zero attached hydrogens (tertiary/aromatic N) is 1. The zero-order chi connectivity index (χ0) is 25.2. The van der Waals surface area contributed by atoms with Gasteiger partial charge in [-0.1, -0.05) is 69.3 Å². The molecule has 7 heteroatoms.